The van der Waals surface area contributed by atoms with Gasteiger partial charge in [0.15, 0.2) is 5.82 Å². The molecule has 0 spiro atoms. The van der Waals surface area contributed by atoms with Gasteiger partial charge >= 0.3 is 6.18 Å². The van der Waals surface area contributed by atoms with E-state index in [1.807, 2.05) is 0 Å². The predicted molar refractivity (Wildman–Crippen MR) is 87.0 cm³/mol. The quantitative estimate of drug-likeness (QED) is 0.697. The average molecular weight is 385 g/mol. The Labute approximate surface area is 146 Å². The maximum atomic E-state index is 12.8. The fourth-order valence-electron chi connectivity index (χ4n) is 2.75. The van der Waals surface area contributed by atoms with Crippen LogP contribution in [0.1, 0.15) is 24.2 Å². The molecule has 3 aromatic rings. The third-order valence-corrected chi connectivity index (χ3v) is 5.64. The molecular formula is C16H14F3N3O3S. The van der Waals surface area contributed by atoms with Gasteiger partial charge in [-0.05, 0) is 30.9 Å². The van der Waals surface area contributed by atoms with Gasteiger partial charge < -0.3 is 9.51 Å². The molecule has 0 aliphatic heterocycles. The molecule has 0 atom stereocenters. The van der Waals surface area contributed by atoms with E-state index in [-0.39, 0.29) is 21.6 Å². The summed E-state index contributed by atoms with van der Waals surface area (Å²) in [7, 11) is -4.03. The molecule has 0 bridgehead atoms. The fraction of sp³-hybridized carbons (Fsp3) is 0.312. The van der Waals surface area contributed by atoms with E-state index >= 15 is 0 Å². The number of H-pyrrole nitrogens is 1. The van der Waals surface area contributed by atoms with Crippen LogP contribution in [0, 0.1) is 5.92 Å². The van der Waals surface area contributed by atoms with Crippen LogP contribution in [0.25, 0.3) is 10.9 Å². The SMILES string of the molecule is O=S(=O)(Nc1cc(CC2CC2)on1)c1c[nH]c2cc(C(F)(F)F)ccc12. The van der Waals surface area contributed by atoms with Crippen LogP contribution in [0.2, 0.25) is 0 Å². The van der Waals surface area contributed by atoms with Crippen molar-refractivity contribution in [3.8, 4) is 0 Å². The highest BCUT2D eigenvalue weighted by molar-refractivity contribution is 7.93. The molecule has 1 aliphatic carbocycles. The maximum absolute atomic E-state index is 12.8. The van der Waals surface area contributed by atoms with Gasteiger partial charge in [0.1, 0.15) is 10.7 Å². The average Bonchev–Trinajstić information content (AvgIpc) is 3.08. The number of nitrogens with one attached hydrogen (secondary N) is 2. The minimum atomic E-state index is -4.50. The van der Waals surface area contributed by atoms with E-state index in [1.165, 1.54) is 6.07 Å². The molecule has 4 rings (SSSR count). The van der Waals surface area contributed by atoms with Gasteiger partial charge in [0.05, 0.1) is 5.56 Å². The van der Waals surface area contributed by atoms with E-state index in [0.717, 1.165) is 37.2 Å². The largest absolute Gasteiger partial charge is 0.416 e. The molecule has 2 heterocycles. The van der Waals surface area contributed by atoms with Crippen LogP contribution in [0.5, 0.6) is 0 Å². The molecule has 0 saturated heterocycles. The standard InChI is InChI=1S/C16H14F3N3O3S/c17-16(18,19)10-3-4-12-13(6-10)20-8-14(12)26(23,24)22-15-7-11(25-21-15)5-9-1-2-9/h3-4,6-9,20H,1-2,5H2,(H,21,22). The molecule has 1 fully saturated rings. The normalized spacial score (nSPS) is 15.5. The number of benzene rings is 1. The first kappa shape index (κ1) is 17.0. The van der Waals surface area contributed by atoms with E-state index in [1.54, 1.807) is 0 Å². The lowest BCUT2D eigenvalue weighted by molar-refractivity contribution is -0.137. The van der Waals surface area contributed by atoms with Crippen molar-refractivity contribution in [1.29, 1.82) is 0 Å². The zero-order valence-corrected chi connectivity index (χ0v) is 14.1. The fourth-order valence-corrected chi connectivity index (χ4v) is 3.92. The number of alkyl halides is 3. The smallest absolute Gasteiger partial charge is 0.360 e. The zero-order valence-electron chi connectivity index (χ0n) is 13.3. The van der Waals surface area contributed by atoms with E-state index in [9.17, 15) is 21.6 Å². The van der Waals surface area contributed by atoms with Gasteiger partial charge in [0.2, 0.25) is 0 Å². The summed E-state index contributed by atoms with van der Waals surface area (Å²) in [4.78, 5) is 2.41. The number of fused-ring (bicyclic) bond motifs is 1. The second-order valence-electron chi connectivity index (χ2n) is 6.34. The van der Waals surface area contributed by atoms with Gasteiger partial charge in [0.25, 0.3) is 10.0 Å². The Bertz CT molecular complexity index is 1070. The summed E-state index contributed by atoms with van der Waals surface area (Å²) in [6.07, 6.45) is -0.399. The zero-order chi connectivity index (χ0) is 18.5. The van der Waals surface area contributed by atoms with Crippen LogP contribution < -0.4 is 4.72 Å². The second kappa shape index (κ2) is 5.76. The number of halogens is 3. The van der Waals surface area contributed by atoms with Gasteiger partial charge in [-0.3, -0.25) is 4.72 Å². The van der Waals surface area contributed by atoms with Crippen molar-refractivity contribution in [2.45, 2.75) is 30.3 Å². The first-order valence-electron chi connectivity index (χ1n) is 7.89. The summed E-state index contributed by atoms with van der Waals surface area (Å²) in [6, 6.07) is 4.37. The number of hydrogen-bond acceptors (Lipinski definition) is 4. The molecule has 10 heteroatoms. The summed E-state index contributed by atoms with van der Waals surface area (Å²) in [6.45, 7) is 0. The summed E-state index contributed by atoms with van der Waals surface area (Å²) < 4.78 is 70.9. The topological polar surface area (TPSA) is 88.0 Å². The van der Waals surface area contributed by atoms with E-state index in [2.05, 4.69) is 14.9 Å². The highest BCUT2D eigenvalue weighted by Gasteiger charge is 2.31. The van der Waals surface area contributed by atoms with Crippen LogP contribution in [0.3, 0.4) is 0 Å². The number of hydrogen-bond donors (Lipinski definition) is 2. The Hall–Kier alpha value is -2.49. The van der Waals surface area contributed by atoms with Crippen molar-refractivity contribution in [2.24, 2.45) is 5.92 Å². The summed E-state index contributed by atoms with van der Waals surface area (Å²) in [5.74, 6) is 1.20. The Balaban J connectivity index is 1.61. The molecule has 2 aromatic heterocycles. The Kier molecular flexibility index (Phi) is 3.76. The number of aromatic nitrogens is 2. The number of nitrogens with zero attached hydrogens (tertiary/aromatic N) is 1. The van der Waals surface area contributed by atoms with Gasteiger partial charge in [-0.2, -0.15) is 13.2 Å². The van der Waals surface area contributed by atoms with Gasteiger partial charge in [-0.25, -0.2) is 8.42 Å². The van der Waals surface area contributed by atoms with Crippen LogP contribution in [0.4, 0.5) is 19.0 Å². The molecule has 138 valence electrons. The molecule has 0 unspecified atom stereocenters. The van der Waals surface area contributed by atoms with Crippen LogP contribution in [-0.4, -0.2) is 18.6 Å². The van der Waals surface area contributed by atoms with Crippen molar-refractivity contribution in [2.75, 3.05) is 4.72 Å². The predicted octanol–water partition coefficient (Wildman–Crippen LogP) is 3.93. The van der Waals surface area contributed by atoms with E-state index < -0.39 is 21.8 Å². The Morgan fingerprint density at radius 3 is 2.73 bits per heavy atom. The lowest BCUT2D eigenvalue weighted by Crippen LogP contribution is -2.12. The van der Waals surface area contributed by atoms with Crippen molar-refractivity contribution >= 4 is 26.7 Å². The van der Waals surface area contributed by atoms with Crippen molar-refractivity contribution < 1.29 is 26.1 Å². The number of rotatable bonds is 5. The van der Waals surface area contributed by atoms with Gasteiger partial charge in [0, 0.05) is 29.6 Å². The van der Waals surface area contributed by atoms with Crippen molar-refractivity contribution in [3.05, 3.63) is 41.8 Å². The Morgan fingerprint density at radius 2 is 2.04 bits per heavy atom. The highest BCUT2D eigenvalue weighted by atomic mass is 32.2. The first-order valence-corrected chi connectivity index (χ1v) is 9.37. The maximum Gasteiger partial charge on any atom is 0.416 e. The van der Waals surface area contributed by atoms with Gasteiger partial charge in [-0.15, -0.1) is 0 Å². The highest BCUT2D eigenvalue weighted by Crippen LogP contribution is 2.34. The van der Waals surface area contributed by atoms with E-state index in [4.69, 9.17) is 4.52 Å². The molecule has 6 nitrogen and oxygen atoms in total. The third-order valence-electron chi connectivity index (χ3n) is 4.25. The lowest BCUT2D eigenvalue weighted by Gasteiger charge is -2.07. The van der Waals surface area contributed by atoms with E-state index in [0.29, 0.717) is 18.1 Å². The third kappa shape index (κ3) is 3.28. The minimum absolute atomic E-state index is 0.0434. The molecule has 0 radical (unpaired) electrons. The number of anilines is 1. The van der Waals surface area contributed by atoms with Crippen LogP contribution in [-0.2, 0) is 22.6 Å². The second-order valence-corrected chi connectivity index (χ2v) is 7.99. The Morgan fingerprint density at radius 1 is 1.27 bits per heavy atom. The van der Waals surface area contributed by atoms with Crippen molar-refractivity contribution in [3.63, 3.8) is 0 Å². The number of sulfonamides is 1. The lowest BCUT2D eigenvalue weighted by atomic mass is 10.1. The molecule has 2 N–H and O–H groups in total. The van der Waals surface area contributed by atoms with Crippen LogP contribution in [0.15, 0.2) is 39.9 Å². The molecule has 0 amide bonds. The monoisotopic (exact) mass is 385 g/mol. The summed E-state index contributed by atoms with van der Waals surface area (Å²) >= 11 is 0. The van der Waals surface area contributed by atoms with Gasteiger partial charge in [-0.1, -0.05) is 11.2 Å². The molecule has 26 heavy (non-hydrogen) atoms. The minimum Gasteiger partial charge on any atom is -0.360 e. The molecule has 1 saturated carbocycles. The molecular weight excluding hydrogens is 371 g/mol. The molecule has 1 aliphatic rings. The summed E-state index contributed by atoms with van der Waals surface area (Å²) in [5.41, 5.74) is -0.778. The summed E-state index contributed by atoms with van der Waals surface area (Å²) in [5, 5.41) is 3.85. The molecule has 1 aromatic carbocycles. The first-order chi connectivity index (χ1) is 12.2. The van der Waals surface area contributed by atoms with Crippen LogP contribution >= 0.6 is 0 Å². The van der Waals surface area contributed by atoms with Crippen molar-refractivity contribution in [1.82, 2.24) is 10.1 Å². The number of aromatic amines is 1.